The second-order valence-electron chi connectivity index (χ2n) is 2.85. The van der Waals surface area contributed by atoms with Gasteiger partial charge in [-0.05, 0) is 12.1 Å². The highest BCUT2D eigenvalue weighted by Crippen LogP contribution is 2.27. The van der Waals surface area contributed by atoms with Crippen molar-refractivity contribution < 1.29 is 19.2 Å². The minimum absolute atomic E-state index is 0.154. The molecule has 0 atom stereocenters. The van der Waals surface area contributed by atoms with E-state index in [4.69, 9.17) is 10.5 Å². The normalized spacial score (nSPS) is 9.56. The van der Waals surface area contributed by atoms with Gasteiger partial charge in [-0.3, -0.25) is 19.7 Å². The Morgan fingerprint density at radius 2 is 2.19 bits per heavy atom. The molecule has 0 radical (unpaired) electrons. The SMILES string of the molecule is COc1cc(C=O)c([N+](=O)[O-])c(C(N)=O)c1. The van der Waals surface area contributed by atoms with Crippen LogP contribution in [0.25, 0.3) is 0 Å². The van der Waals surface area contributed by atoms with Crippen molar-refractivity contribution in [2.45, 2.75) is 0 Å². The summed E-state index contributed by atoms with van der Waals surface area (Å²) in [6.07, 6.45) is 0.271. The van der Waals surface area contributed by atoms with Crippen molar-refractivity contribution in [3.8, 4) is 5.75 Å². The van der Waals surface area contributed by atoms with Gasteiger partial charge in [0, 0.05) is 0 Å². The van der Waals surface area contributed by atoms with Crippen molar-refractivity contribution in [3.05, 3.63) is 33.4 Å². The largest absolute Gasteiger partial charge is 0.497 e. The van der Waals surface area contributed by atoms with Gasteiger partial charge in [0.25, 0.3) is 11.6 Å². The number of nitrogens with zero attached hydrogens (tertiary/aromatic N) is 1. The third kappa shape index (κ3) is 1.97. The molecule has 2 N–H and O–H groups in total. The van der Waals surface area contributed by atoms with Gasteiger partial charge in [0.05, 0.1) is 17.6 Å². The summed E-state index contributed by atoms with van der Waals surface area (Å²) >= 11 is 0. The minimum Gasteiger partial charge on any atom is -0.497 e. The minimum atomic E-state index is -0.992. The molecule has 1 aromatic carbocycles. The predicted octanol–water partition coefficient (Wildman–Crippen LogP) is 0.515. The van der Waals surface area contributed by atoms with Crippen molar-refractivity contribution in [2.24, 2.45) is 5.73 Å². The fraction of sp³-hybridized carbons (Fsp3) is 0.111. The van der Waals surface area contributed by atoms with Gasteiger partial charge in [-0.2, -0.15) is 0 Å². The molecule has 1 rings (SSSR count). The summed E-state index contributed by atoms with van der Waals surface area (Å²) in [6.45, 7) is 0. The summed E-state index contributed by atoms with van der Waals surface area (Å²) in [5.74, 6) is -0.838. The van der Waals surface area contributed by atoms with E-state index in [2.05, 4.69) is 0 Å². The lowest BCUT2D eigenvalue weighted by molar-refractivity contribution is -0.385. The second-order valence-corrected chi connectivity index (χ2v) is 2.85. The first-order valence-corrected chi connectivity index (χ1v) is 4.12. The molecule has 0 aromatic heterocycles. The Bertz CT molecular complexity index is 469. The Hall–Kier alpha value is -2.44. The van der Waals surface area contributed by atoms with E-state index in [0.717, 1.165) is 12.1 Å². The van der Waals surface area contributed by atoms with Gasteiger partial charge >= 0.3 is 0 Å². The number of carbonyl (C=O) groups excluding carboxylic acids is 2. The van der Waals surface area contributed by atoms with Gasteiger partial charge in [-0.1, -0.05) is 0 Å². The van der Waals surface area contributed by atoms with Crippen LogP contribution in [-0.2, 0) is 0 Å². The van der Waals surface area contributed by atoms with E-state index in [1.54, 1.807) is 0 Å². The number of nitro groups is 1. The van der Waals surface area contributed by atoms with Crippen LogP contribution in [0.15, 0.2) is 12.1 Å². The molecule has 84 valence electrons. The van der Waals surface area contributed by atoms with E-state index in [1.165, 1.54) is 7.11 Å². The van der Waals surface area contributed by atoms with Gasteiger partial charge in [0.2, 0.25) is 0 Å². The second kappa shape index (κ2) is 4.39. The average Bonchev–Trinajstić information content (AvgIpc) is 2.26. The number of aldehydes is 1. The topological polar surface area (TPSA) is 113 Å². The lowest BCUT2D eigenvalue weighted by Crippen LogP contribution is -2.14. The number of methoxy groups -OCH3 is 1. The number of amides is 1. The fourth-order valence-corrected chi connectivity index (χ4v) is 1.23. The van der Waals surface area contributed by atoms with Crippen LogP contribution >= 0.6 is 0 Å². The molecule has 0 aliphatic rings. The van der Waals surface area contributed by atoms with Crippen LogP contribution in [0.5, 0.6) is 5.75 Å². The number of nitro benzene ring substituents is 1. The van der Waals surface area contributed by atoms with Gasteiger partial charge in [-0.15, -0.1) is 0 Å². The first-order chi connectivity index (χ1) is 7.51. The number of nitrogens with two attached hydrogens (primary N) is 1. The maximum Gasteiger partial charge on any atom is 0.292 e. The quantitative estimate of drug-likeness (QED) is 0.455. The summed E-state index contributed by atoms with van der Waals surface area (Å²) in [7, 11) is 1.31. The zero-order valence-corrected chi connectivity index (χ0v) is 8.30. The van der Waals surface area contributed by atoms with E-state index >= 15 is 0 Å². The van der Waals surface area contributed by atoms with Crippen LogP contribution in [0.1, 0.15) is 20.7 Å². The Morgan fingerprint density at radius 3 is 2.56 bits per heavy atom. The number of benzene rings is 1. The smallest absolute Gasteiger partial charge is 0.292 e. The van der Waals surface area contributed by atoms with E-state index in [0.29, 0.717) is 0 Å². The van der Waals surface area contributed by atoms with Gasteiger partial charge in [0.1, 0.15) is 11.3 Å². The van der Waals surface area contributed by atoms with Gasteiger partial charge in [0.15, 0.2) is 6.29 Å². The van der Waals surface area contributed by atoms with Crippen LogP contribution in [0.2, 0.25) is 0 Å². The molecule has 0 saturated heterocycles. The number of ether oxygens (including phenoxy) is 1. The first-order valence-electron chi connectivity index (χ1n) is 4.12. The fourth-order valence-electron chi connectivity index (χ4n) is 1.23. The monoisotopic (exact) mass is 224 g/mol. The maximum atomic E-state index is 11.0. The van der Waals surface area contributed by atoms with E-state index in [-0.39, 0.29) is 23.2 Å². The first kappa shape index (κ1) is 11.6. The molecule has 0 spiro atoms. The van der Waals surface area contributed by atoms with Crippen LogP contribution in [-0.4, -0.2) is 24.2 Å². The highest BCUT2D eigenvalue weighted by molar-refractivity contribution is 6.01. The average molecular weight is 224 g/mol. The number of rotatable bonds is 4. The molecule has 7 heteroatoms. The van der Waals surface area contributed by atoms with Crippen molar-refractivity contribution >= 4 is 17.9 Å². The molecule has 0 aliphatic heterocycles. The highest BCUT2D eigenvalue weighted by atomic mass is 16.6. The molecular formula is C9H8N2O5. The molecule has 0 unspecified atom stereocenters. The molecule has 0 fully saturated rings. The lowest BCUT2D eigenvalue weighted by atomic mass is 10.1. The summed E-state index contributed by atoms with van der Waals surface area (Å²) in [4.78, 5) is 31.5. The third-order valence-electron chi connectivity index (χ3n) is 1.92. The predicted molar refractivity (Wildman–Crippen MR) is 53.6 cm³/mol. The Morgan fingerprint density at radius 1 is 1.56 bits per heavy atom. The summed E-state index contributed by atoms with van der Waals surface area (Å²) < 4.78 is 4.79. The number of hydrogen-bond acceptors (Lipinski definition) is 5. The van der Waals surface area contributed by atoms with Gasteiger partial charge < -0.3 is 10.5 Å². The van der Waals surface area contributed by atoms with Crippen molar-refractivity contribution in [3.63, 3.8) is 0 Å². The maximum absolute atomic E-state index is 11.0. The molecule has 0 aliphatic carbocycles. The molecule has 1 aromatic rings. The zero-order valence-electron chi connectivity index (χ0n) is 8.30. The molecular weight excluding hydrogens is 216 g/mol. The van der Waals surface area contributed by atoms with Crippen LogP contribution in [0, 0.1) is 10.1 Å². The van der Waals surface area contributed by atoms with Gasteiger partial charge in [-0.25, -0.2) is 0 Å². The van der Waals surface area contributed by atoms with Crippen LogP contribution in [0.3, 0.4) is 0 Å². The number of primary amides is 1. The van der Waals surface area contributed by atoms with E-state index < -0.39 is 16.5 Å². The van der Waals surface area contributed by atoms with Crippen LogP contribution < -0.4 is 10.5 Å². The standard InChI is InChI=1S/C9H8N2O5/c1-16-6-2-5(4-12)8(11(14)15)7(3-6)9(10)13/h2-4H,1H3,(H2,10,13). The molecule has 0 heterocycles. The molecule has 16 heavy (non-hydrogen) atoms. The summed E-state index contributed by atoms with van der Waals surface area (Å²) in [5, 5.41) is 10.7. The molecule has 7 nitrogen and oxygen atoms in total. The molecule has 0 saturated carbocycles. The Balaban J connectivity index is 3.60. The highest BCUT2D eigenvalue weighted by Gasteiger charge is 2.24. The van der Waals surface area contributed by atoms with E-state index in [1.807, 2.05) is 0 Å². The van der Waals surface area contributed by atoms with Crippen molar-refractivity contribution in [1.29, 1.82) is 0 Å². The molecule has 1 amide bonds. The zero-order chi connectivity index (χ0) is 12.3. The van der Waals surface area contributed by atoms with Crippen molar-refractivity contribution in [2.75, 3.05) is 7.11 Å². The third-order valence-corrected chi connectivity index (χ3v) is 1.92. The number of hydrogen-bond donors (Lipinski definition) is 1. The molecule has 0 bridgehead atoms. The lowest BCUT2D eigenvalue weighted by Gasteiger charge is -2.05. The number of carbonyl (C=O) groups is 2. The Labute approximate surface area is 90.0 Å². The summed E-state index contributed by atoms with van der Waals surface area (Å²) in [6, 6.07) is 2.28. The summed E-state index contributed by atoms with van der Waals surface area (Å²) in [5.41, 5.74) is 3.77. The Kier molecular flexibility index (Phi) is 3.19. The van der Waals surface area contributed by atoms with Crippen molar-refractivity contribution in [1.82, 2.24) is 0 Å². The van der Waals surface area contributed by atoms with Crippen LogP contribution in [0.4, 0.5) is 5.69 Å². The van der Waals surface area contributed by atoms with E-state index in [9.17, 15) is 19.7 Å².